The summed E-state index contributed by atoms with van der Waals surface area (Å²) in [5, 5.41) is 0. The first-order valence-electron chi connectivity index (χ1n) is 9.22. The minimum absolute atomic E-state index is 0.0513. The molecule has 4 saturated heterocycles. The lowest BCUT2D eigenvalue weighted by molar-refractivity contribution is -1.18. The Bertz CT molecular complexity index is 618. The molecule has 4 heterocycles. The zero-order chi connectivity index (χ0) is 16.4. The fraction of sp³-hybridized carbons (Fsp3) is 0.650. The Hall–Kier alpha value is -1.19. The summed E-state index contributed by atoms with van der Waals surface area (Å²) in [6, 6.07) is 9.28. The predicted octanol–water partition coefficient (Wildman–Crippen LogP) is 0.591. The molecule has 3 heteroatoms. The summed E-state index contributed by atoms with van der Waals surface area (Å²) in [4.78, 5) is 16.3. The fourth-order valence-corrected chi connectivity index (χ4v) is 5.74. The lowest BCUT2D eigenvalue weighted by Crippen LogP contribution is -3.41. The number of carbonyl (C=O) groups is 1. The molecule has 3 nitrogen and oxygen atoms in total. The smallest absolute Gasteiger partial charge is 0.240 e. The van der Waals surface area contributed by atoms with Gasteiger partial charge >= 0.3 is 0 Å². The standard InChI is InChI=1S/C20H28N2O/c1-5-20-12-21-10-19(4,18(20)23)11-22(13-20)17(21)16-8-6-15(7-9-16)14(2)3/h6-9,14,17H,5,10-13H2,1-4H3/p+2. The van der Waals surface area contributed by atoms with Crippen LogP contribution in [0.4, 0.5) is 0 Å². The van der Waals surface area contributed by atoms with Gasteiger partial charge < -0.3 is 0 Å². The maximum atomic E-state index is 13.0. The van der Waals surface area contributed by atoms with Crippen LogP contribution >= 0.6 is 0 Å². The maximum Gasteiger partial charge on any atom is 0.240 e. The quantitative estimate of drug-likeness (QED) is 0.839. The molecule has 4 aliphatic heterocycles. The summed E-state index contributed by atoms with van der Waals surface area (Å²) >= 11 is 0. The van der Waals surface area contributed by atoms with Crippen LogP contribution in [0.2, 0.25) is 0 Å². The summed E-state index contributed by atoms with van der Waals surface area (Å²) in [5.74, 6) is 1.15. The van der Waals surface area contributed by atoms with Crippen molar-refractivity contribution in [3.05, 3.63) is 35.4 Å². The molecule has 2 N–H and O–H groups in total. The molecule has 0 aliphatic carbocycles. The normalized spacial score (nSPS) is 41.8. The zero-order valence-electron chi connectivity index (χ0n) is 14.9. The van der Waals surface area contributed by atoms with Crippen LogP contribution in [0.1, 0.15) is 57.3 Å². The van der Waals surface area contributed by atoms with E-state index >= 15 is 0 Å². The third kappa shape index (κ3) is 2.06. The number of benzene rings is 1. The first-order valence-corrected chi connectivity index (χ1v) is 9.22. The predicted molar refractivity (Wildman–Crippen MR) is 90.5 cm³/mol. The Labute approximate surface area is 139 Å². The summed E-state index contributed by atoms with van der Waals surface area (Å²) in [5.41, 5.74) is 2.73. The first kappa shape index (κ1) is 15.3. The van der Waals surface area contributed by atoms with Gasteiger partial charge in [0.05, 0.1) is 18.7 Å². The number of piperidine rings is 2. The van der Waals surface area contributed by atoms with Crippen molar-refractivity contribution in [3.63, 3.8) is 0 Å². The van der Waals surface area contributed by atoms with E-state index < -0.39 is 0 Å². The number of quaternary nitrogens is 2. The van der Waals surface area contributed by atoms with E-state index in [0.717, 1.165) is 32.6 Å². The second kappa shape index (κ2) is 4.90. The van der Waals surface area contributed by atoms with Crippen molar-refractivity contribution in [3.8, 4) is 0 Å². The fourth-order valence-electron chi connectivity index (χ4n) is 5.74. The SMILES string of the molecule is CCC12C[NH+]3CC(C)(C[NH+](C1)C3c1ccc(C(C)C)cc1)C2=O. The van der Waals surface area contributed by atoms with Crippen LogP contribution in [0.3, 0.4) is 0 Å². The molecule has 1 aromatic rings. The molecule has 0 radical (unpaired) electrons. The highest BCUT2D eigenvalue weighted by Crippen LogP contribution is 2.38. The van der Waals surface area contributed by atoms with Crippen LogP contribution in [0.5, 0.6) is 0 Å². The molecule has 0 amide bonds. The second-order valence-electron chi connectivity index (χ2n) is 8.80. The molecule has 2 unspecified atom stereocenters. The van der Waals surface area contributed by atoms with Gasteiger partial charge in [-0.25, -0.2) is 0 Å². The molecular formula is C20H30N2O+2. The van der Waals surface area contributed by atoms with Crippen molar-refractivity contribution in [2.45, 2.75) is 46.2 Å². The molecule has 124 valence electrons. The zero-order valence-corrected chi connectivity index (χ0v) is 14.9. The second-order valence-corrected chi connectivity index (χ2v) is 8.80. The lowest BCUT2D eigenvalue weighted by Gasteiger charge is -2.59. The summed E-state index contributed by atoms with van der Waals surface area (Å²) in [7, 11) is 0. The third-order valence-electron chi connectivity index (χ3n) is 6.82. The average Bonchev–Trinajstić information content (AvgIpc) is 2.51. The minimum atomic E-state index is -0.0917. The Kier molecular flexibility index (Phi) is 3.27. The van der Waals surface area contributed by atoms with E-state index in [2.05, 4.69) is 52.0 Å². The van der Waals surface area contributed by atoms with Crippen molar-refractivity contribution < 1.29 is 14.6 Å². The minimum Gasteiger partial charge on any atom is -0.297 e. The molecule has 4 bridgehead atoms. The number of hydrogen-bond acceptors (Lipinski definition) is 1. The molecule has 0 saturated carbocycles. The first-order chi connectivity index (χ1) is 10.9. The van der Waals surface area contributed by atoms with Crippen molar-refractivity contribution in [2.24, 2.45) is 10.8 Å². The van der Waals surface area contributed by atoms with Crippen LogP contribution in [0.25, 0.3) is 0 Å². The Morgan fingerprint density at radius 1 is 1.09 bits per heavy atom. The van der Waals surface area contributed by atoms with Crippen LogP contribution in [0, 0.1) is 10.8 Å². The van der Waals surface area contributed by atoms with E-state index in [-0.39, 0.29) is 10.8 Å². The van der Waals surface area contributed by atoms with Gasteiger partial charge in [0, 0.05) is 0 Å². The summed E-state index contributed by atoms with van der Waals surface area (Å²) < 4.78 is 0. The van der Waals surface area contributed by atoms with Gasteiger partial charge in [-0.3, -0.25) is 14.6 Å². The van der Waals surface area contributed by atoms with Crippen molar-refractivity contribution >= 4 is 5.78 Å². The average molecular weight is 314 g/mol. The van der Waals surface area contributed by atoms with Gasteiger partial charge in [-0.2, -0.15) is 0 Å². The van der Waals surface area contributed by atoms with E-state index in [9.17, 15) is 4.79 Å². The van der Waals surface area contributed by atoms with Gasteiger partial charge in [0.15, 0.2) is 5.78 Å². The highest BCUT2D eigenvalue weighted by atomic mass is 16.1. The molecule has 0 aromatic heterocycles. The molecule has 4 aliphatic rings. The van der Waals surface area contributed by atoms with Crippen LogP contribution in [0.15, 0.2) is 24.3 Å². The van der Waals surface area contributed by atoms with Crippen molar-refractivity contribution in [1.29, 1.82) is 0 Å². The van der Waals surface area contributed by atoms with Gasteiger partial charge in [0.25, 0.3) is 0 Å². The van der Waals surface area contributed by atoms with E-state index in [1.807, 2.05) is 0 Å². The van der Waals surface area contributed by atoms with Gasteiger partial charge in [0.1, 0.15) is 23.9 Å². The van der Waals surface area contributed by atoms with Crippen LogP contribution in [-0.4, -0.2) is 32.0 Å². The molecule has 5 rings (SSSR count). The van der Waals surface area contributed by atoms with E-state index in [0.29, 0.717) is 17.9 Å². The topological polar surface area (TPSA) is 26.0 Å². The highest BCUT2D eigenvalue weighted by molar-refractivity contribution is 5.91. The third-order valence-corrected chi connectivity index (χ3v) is 6.82. The largest absolute Gasteiger partial charge is 0.297 e. The summed E-state index contributed by atoms with van der Waals surface area (Å²) in [6.07, 6.45) is 1.53. The van der Waals surface area contributed by atoms with Crippen molar-refractivity contribution in [1.82, 2.24) is 0 Å². The van der Waals surface area contributed by atoms with Gasteiger partial charge in [-0.05, 0) is 37.0 Å². The van der Waals surface area contributed by atoms with Gasteiger partial charge in [-0.15, -0.1) is 0 Å². The maximum absolute atomic E-state index is 13.0. The molecule has 1 aromatic carbocycles. The Morgan fingerprint density at radius 2 is 1.65 bits per heavy atom. The molecule has 23 heavy (non-hydrogen) atoms. The van der Waals surface area contributed by atoms with Crippen molar-refractivity contribution in [2.75, 3.05) is 26.2 Å². The number of rotatable bonds is 3. The molecule has 2 atom stereocenters. The Morgan fingerprint density at radius 3 is 2.13 bits per heavy atom. The monoisotopic (exact) mass is 314 g/mol. The number of Topliss-reactive ketones (excluding diaryl/α,β-unsaturated/α-hetero) is 1. The molecule has 4 fully saturated rings. The van der Waals surface area contributed by atoms with E-state index in [1.54, 1.807) is 9.80 Å². The van der Waals surface area contributed by atoms with Crippen LogP contribution in [-0.2, 0) is 4.79 Å². The number of carbonyl (C=O) groups excluding carboxylic acids is 1. The van der Waals surface area contributed by atoms with Gasteiger partial charge in [-0.1, -0.05) is 32.9 Å². The molecular weight excluding hydrogens is 284 g/mol. The molecule has 0 spiro atoms. The summed E-state index contributed by atoms with van der Waals surface area (Å²) in [6.45, 7) is 13.0. The van der Waals surface area contributed by atoms with E-state index in [1.165, 1.54) is 11.1 Å². The number of ketones is 1. The van der Waals surface area contributed by atoms with Crippen LogP contribution < -0.4 is 9.80 Å². The number of hydrogen-bond donors (Lipinski definition) is 2. The van der Waals surface area contributed by atoms with Gasteiger partial charge in [0.2, 0.25) is 6.17 Å². The Balaban J connectivity index is 1.68. The lowest BCUT2D eigenvalue weighted by atomic mass is 9.60. The van der Waals surface area contributed by atoms with E-state index in [4.69, 9.17) is 0 Å². The number of nitrogens with one attached hydrogen (secondary N) is 2. The highest BCUT2D eigenvalue weighted by Gasteiger charge is 2.69.